The number of nitriles is 1. The van der Waals surface area contributed by atoms with Crippen LogP contribution in [0.2, 0.25) is 0 Å². The standard InChI is InChI=1S/C19H18N2O3/c1-3-4-13-5-7-14(8-6-13)18(22)16(11-20)19(23)15-9-10-17(24-2)21-12-15/h5-10,12,23H,3-4H2,1-2H3. The van der Waals surface area contributed by atoms with Gasteiger partial charge in [-0.05, 0) is 18.1 Å². The van der Waals surface area contributed by atoms with Crippen LogP contribution in [0.25, 0.3) is 5.76 Å². The van der Waals surface area contributed by atoms with Gasteiger partial charge in [-0.2, -0.15) is 5.26 Å². The molecule has 0 atom stereocenters. The maximum Gasteiger partial charge on any atom is 0.212 e. The highest BCUT2D eigenvalue weighted by molar-refractivity contribution is 6.15. The molecule has 2 rings (SSSR count). The summed E-state index contributed by atoms with van der Waals surface area (Å²) >= 11 is 0. The largest absolute Gasteiger partial charge is 0.506 e. The number of Topliss-reactive ketones (excluding diaryl/α,β-unsaturated/α-hetero) is 1. The molecule has 5 heteroatoms. The van der Waals surface area contributed by atoms with E-state index in [0.29, 0.717) is 11.4 Å². The highest BCUT2D eigenvalue weighted by Gasteiger charge is 2.18. The number of carbonyl (C=O) groups is 1. The van der Waals surface area contributed by atoms with Crippen LogP contribution in [0.4, 0.5) is 0 Å². The fraction of sp³-hybridized carbons (Fsp3) is 0.211. The first kappa shape index (κ1) is 17.2. The number of pyridine rings is 1. The number of aromatic nitrogens is 1. The Morgan fingerprint density at radius 2 is 1.88 bits per heavy atom. The van der Waals surface area contributed by atoms with Crippen molar-refractivity contribution in [1.29, 1.82) is 5.26 Å². The number of methoxy groups -OCH3 is 1. The van der Waals surface area contributed by atoms with Gasteiger partial charge in [-0.1, -0.05) is 37.6 Å². The van der Waals surface area contributed by atoms with E-state index in [2.05, 4.69) is 11.9 Å². The summed E-state index contributed by atoms with van der Waals surface area (Å²) in [6, 6.07) is 11.9. The Kier molecular flexibility index (Phi) is 5.69. The number of allylic oxidation sites excluding steroid dienone is 1. The fourth-order valence-corrected chi connectivity index (χ4v) is 2.25. The number of hydrogen-bond donors (Lipinski definition) is 1. The lowest BCUT2D eigenvalue weighted by molar-refractivity contribution is 0.103. The summed E-state index contributed by atoms with van der Waals surface area (Å²) in [6.07, 6.45) is 3.29. The molecule has 1 heterocycles. The van der Waals surface area contributed by atoms with Crippen LogP contribution in [0.1, 0.15) is 34.8 Å². The van der Waals surface area contributed by atoms with Crippen molar-refractivity contribution < 1.29 is 14.6 Å². The number of rotatable bonds is 6. The number of carbonyl (C=O) groups excluding carboxylic acids is 1. The molecule has 1 N–H and O–H groups in total. The molecule has 0 bridgehead atoms. The lowest BCUT2D eigenvalue weighted by Crippen LogP contribution is -2.05. The van der Waals surface area contributed by atoms with Gasteiger partial charge in [0.25, 0.3) is 0 Å². The molecule has 24 heavy (non-hydrogen) atoms. The van der Waals surface area contributed by atoms with Gasteiger partial charge in [0.2, 0.25) is 11.7 Å². The first-order chi connectivity index (χ1) is 11.6. The van der Waals surface area contributed by atoms with Crippen LogP contribution in [0.15, 0.2) is 48.2 Å². The molecular weight excluding hydrogens is 304 g/mol. The molecule has 0 fully saturated rings. The molecule has 0 saturated heterocycles. The fourth-order valence-electron chi connectivity index (χ4n) is 2.25. The SMILES string of the molecule is CCCc1ccc(C(=O)C(C#N)=C(O)c2ccc(OC)nc2)cc1. The predicted octanol–water partition coefficient (Wildman–Crippen LogP) is 3.72. The van der Waals surface area contributed by atoms with Crippen LogP contribution in [0, 0.1) is 11.3 Å². The molecule has 0 unspecified atom stereocenters. The van der Waals surface area contributed by atoms with Crippen LogP contribution >= 0.6 is 0 Å². The molecule has 1 aromatic carbocycles. The Balaban J connectivity index is 2.34. The quantitative estimate of drug-likeness (QED) is 0.379. The summed E-state index contributed by atoms with van der Waals surface area (Å²) in [4.78, 5) is 16.5. The summed E-state index contributed by atoms with van der Waals surface area (Å²) in [5.41, 5.74) is 1.45. The molecule has 0 radical (unpaired) electrons. The number of aliphatic hydroxyl groups excluding tert-OH is 1. The van der Waals surface area contributed by atoms with Crippen molar-refractivity contribution in [3.63, 3.8) is 0 Å². The monoisotopic (exact) mass is 322 g/mol. The van der Waals surface area contributed by atoms with E-state index >= 15 is 0 Å². The Bertz CT molecular complexity index is 785. The zero-order valence-electron chi connectivity index (χ0n) is 13.6. The molecule has 122 valence electrons. The van der Waals surface area contributed by atoms with Crippen LogP contribution in [-0.4, -0.2) is 23.0 Å². The van der Waals surface area contributed by atoms with E-state index in [-0.39, 0.29) is 11.1 Å². The van der Waals surface area contributed by atoms with E-state index in [9.17, 15) is 15.2 Å². The maximum absolute atomic E-state index is 12.5. The average Bonchev–Trinajstić information content (AvgIpc) is 2.63. The molecule has 5 nitrogen and oxygen atoms in total. The Morgan fingerprint density at radius 3 is 2.38 bits per heavy atom. The lowest BCUT2D eigenvalue weighted by Gasteiger charge is -2.06. The zero-order chi connectivity index (χ0) is 17.5. The summed E-state index contributed by atoms with van der Waals surface area (Å²) < 4.78 is 4.94. The minimum atomic E-state index is -0.520. The Hall–Kier alpha value is -3.13. The molecule has 0 aliphatic carbocycles. The van der Waals surface area contributed by atoms with Gasteiger partial charge >= 0.3 is 0 Å². The third kappa shape index (κ3) is 3.79. The van der Waals surface area contributed by atoms with Crippen molar-refractivity contribution >= 4 is 11.5 Å². The third-order valence-electron chi connectivity index (χ3n) is 3.55. The van der Waals surface area contributed by atoms with Crippen LogP contribution in [-0.2, 0) is 6.42 Å². The Labute approximate surface area is 140 Å². The summed E-state index contributed by atoms with van der Waals surface area (Å²) in [6.45, 7) is 2.08. The number of hydrogen-bond acceptors (Lipinski definition) is 5. The number of benzene rings is 1. The van der Waals surface area contributed by atoms with Gasteiger partial charge in [0.15, 0.2) is 0 Å². The molecule has 0 spiro atoms. The van der Waals surface area contributed by atoms with Gasteiger partial charge < -0.3 is 9.84 Å². The molecule has 0 aliphatic heterocycles. The minimum Gasteiger partial charge on any atom is -0.506 e. The van der Waals surface area contributed by atoms with E-state index in [4.69, 9.17) is 4.74 Å². The van der Waals surface area contributed by atoms with E-state index in [1.807, 2.05) is 12.1 Å². The van der Waals surface area contributed by atoms with E-state index in [1.54, 1.807) is 24.3 Å². The van der Waals surface area contributed by atoms with Crippen molar-refractivity contribution in [2.75, 3.05) is 7.11 Å². The van der Waals surface area contributed by atoms with Crippen molar-refractivity contribution in [2.45, 2.75) is 19.8 Å². The van der Waals surface area contributed by atoms with Crippen molar-refractivity contribution in [3.05, 3.63) is 64.9 Å². The smallest absolute Gasteiger partial charge is 0.212 e. The molecular formula is C19H18N2O3. The van der Waals surface area contributed by atoms with Crippen molar-refractivity contribution in [2.24, 2.45) is 0 Å². The van der Waals surface area contributed by atoms with E-state index < -0.39 is 11.5 Å². The lowest BCUT2D eigenvalue weighted by atomic mass is 9.99. The normalized spacial score (nSPS) is 11.4. The van der Waals surface area contributed by atoms with Gasteiger partial charge in [-0.25, -0.2) is 4.98 Å². The first-order valence-electron chi connectivity index (χ1n) is 7.58. The van der Waals surface area contributed by atoms with Crippen LogP contribution in [0.3, 0.4) is 0 Å². The van der Waals surface area contributed by atoms with Crippen molar-refractivity contribution in [3.8, 4) is 11.9 Å². The van der Waals surface area contributed by atoms with Crippen LogP contribution in [0.5, 0.6) is 5.88 Å². The second-order valence-electron chi connectivity index (χ2n) is 5.20. The Morgan fingerprint density at radius 1 is 1.21 bits per heavy atom. The molecule has 1 aromatic heterocycles. The van der Waals surface area contributed by atoms with Gasteiger partial charge in [0, 0.05) is 23.4 Å². The van der Waals surface area contributed by atoms with Gasteiger partial charge in [-0.15, -0.1) is 0 Å². The summed E-state index contributed by atoms with van der Waals surface area (Å²) in [7, 11) is 1.48. The first-order valence-corrected chi connectivity index (χ1v) is 7.58. The third-order valence-corrected chi connectivity index (χ3v) is 3.55. The summed E-state index contributed by atoms with van der Waals surface area (Å²) in [5, 5.41) is 19.6. The number of nitrogens with zero attached hydrogens (tertiary/aromatic N) is 2. The average molecular weight is 322 g/mol. The summed E-state index contributed by atoms with van der Waals surface area (Å²) in [5.74, 6) is -0.535. The zero-order valence-corrected chi connectivity index (χ0v) is 13.6. The van der Waals surface area contributed by atoms with Gasteiger partial charge in [0.1, 0.15) is 17.4 Å². The van der Waals surface area contributed by atoms with Crippen LogP contribution < -0.4 is 4.74 Å². The van der Waals surface area contributed by atoms with Gasteiger partial charge in [-0.3, -0.25) is 4.79 Å². The predicted molar refractivity (Wildman–Crippen MR) is 90.7 cm³/mol. The van der Waals surface area contributed by atoms with E-state index in [0.717, 1.165) is 18.4 Å². The van der Waals surface area contributed by atoms with Crippen molar-refractivity contribution in [1.82, 2.24) is 4.98 Å². The van der Waals surface area contributed by atoms with Gasteiger partial charge in [0.05, 0.1) is 7.11 Å². The number of aryl methyl sites for hydroxylation is 1. The molecule has 2 aromatic rings. The molecule has 0 aliphatic rings. The second-order valence-corrected chi connectivity index (χ2v) is 5.20. The number of ether oxygens (including phenoxy) is 1. The maximum atomic E-state index is 12.5. The molecule has 0 amide bonds. The highest BCUT2D eigenvalue weighted by atomic mass is 16.5. The topological polar surface area (TPSA) is 83.2 Å². The highest BCUT2D eigenvalue weighted by Crippen LogP contribution is 2.20. The number of ketones is 1. The van der Waals surface area contributed by atoms with E-state index in [1.165, 1.54) is 19.4 Å². The molecule has 0 saturated carbocycles. The second kappa shape index (κ2) is 7.93. The minimum absolute atomic E-state index is 0.281. The number of aliphatic hydroxyl groups is 1.